The lowest BCUT2D eigenvalue weighted by atomic mass is 9.98. The highest BCUT2D eigenvalue weighted by atomic mass is 16.3. The first-order valence-electron chi connectivity index (χ1n) is 6.72. The van der Waals surface area contributed by atoms with E-state index < -0.39 is 0 Å². The zero-order chi connectivity index (χ0) is 14.6. The monoisotopic (exact) mass is 279 g/mol. The number of aromatic hydroxyl groups is 2. The van der Waals surface area contributed by atoms with Crippen molar-refractivity contribution in [3.63, 3.8) is 0 Å². The van der Waals surface area contributed by atoms with Gasteiger partial charge in [-0.05, 0) is 18.2 Å². The van der Waals surface area contributed by atoms with E-state index in [-0.39, 0.29) is 11.5 Å². The van der Waals surface area contributed by atoms with Crippen LogP contribution in [0.3, 0.4) is 0 Å². The van der Waals surface area contributed by atoms with Gasteiger partial charge in [0.25, 0.3) is 0 Å². The summed E-state index contributed by atoms with van der Waals surface area (Å²) in [6, 6.07) is 8.74. The van der Waals surface area contributed by atoms with Crippen molar-refractivity contribution in [2.45, 2.75) is 0 Å². The lowest BCUT2D eigenvalue weighted by molar-refractivity contribution is 0.478. The van der Waals surface area contributed by atoms with Crippen LogP contribution >= 0.6 is 0 Å². The third-order valence-electron chi connectivity index (χ3n) is 3.89. The molecule has 0 amide bonds. The summed E-state index contributed by atoms with van der Waals surface area (Å²) in [4.78, 5) is 8.86. The highest BCUT2D eigenvalue weighted by molar-refractivity contribution is 6.14. The van der Waals surface area contributed by atoms with Gasteiger partial charge in [-0.15, -0.1) is 0 Å². The fourth-order valence-electron chi connectivity index (χ4n) is 2.94. The Bertz CT molecular complexity index is 1030. The van der Waals surface area contributed by atoms with Crippen molar-refractivity contribution in [3.8, 4) is 11.5 Å². The van der Waals surface area contributed by atoms with Crippen LogP contribution in [0.4, 0.5) is 5.69 Å². The van der Waals surface area contributed by atoms with Gasteiger partial charge in [-0.2, -0.15) is 0 Å². The van der Waals surface area contributed by atoms with E-state index >= 15 is 0 Å². The van der Waals surface area contributed by atoms with Gasteiger partial charge in [0.2, 0.25) is 0 Å². The molecular weight excluding hydrogens is 266 g/mol. The standard InChI is InChI=1S/C16H13N3O2/c17-10-3-1-2-8-12(10)15(20)9-4-5-11-14(13(9)16(8)21)19-7-6-18-11/h1-5,20-21H,6-7,17H2. The number of nitrogen functional groups attached to an aromatic ring is 1. The van der Waals surface area contributed by atoms with Gasteiger partial charge < -0.3 is 15.9 Å². The maximum absolute atomic E-state index is 10.6. The molecule has 0 radical (unpaired) electrons. The number of nitrogens with zero attached hydrogens (tertiary/aromatic N) is 2. The first kappa shape index (κ1) is 12.0. The molecule has 4 N–H and O–H groups in total. The molecule has 1 aliphatic heterocycles. The van der Waals surface area contributed by atoms with E-state index in [9.17, 15) is 10.2 Å². The van der Waals surface area contributed by atoms with E-state index in [0.717, 1.165) is 5.36 Å². The maximum atomic E-state index is 10.6. The van der Waals surface area contributed by atoms with Crippen molar-refractivity contribution in [3.05, 3.63) is 41.0 Å². The van der Waals surface area contributed by atoms with Crippen molar-refractivity contribution in [2.75, 3.05) is 18.8 Å². The molecule has 5 nitrogen and oxygen atoms in total. The van der Waals surface area contributed by atoms with Crippen LogP contribution in [0.25, 0.3) is 21.5 Å². The quantitative estimate of drug-likeness (QED) is 0.328. The molecule has 104 valence electrons. The van der Waals surface area contributed by atoms with E-state index in [1.165, 1.54) is 0 Å². The van der Waals surface area contributed by atoms with E-state index in [1.807, 2.05) is 6.07 Å². The van der Waals surface area contributed by atoms with Gasteiger partial charge in [-0.1, -0.05) is 12.1 Å². The molecule has 4 rings (SSSR count). The SMILES string of the molecule is Nc1cccc2c(O)c3c4c(ccc3c(O)c12)=NCCN=4. The minimum atomic E-state index is 0.0690. The Morgan fingerprint density at radius 1 is 0.857 bits per heavy atom. The van der Waals surface area contributed by atoms with Crippen LogP contribution < -0.4 is 16.4 Å². The number of phenols is 2. The normalized spacial score (nSPS) is 13.7. The van der Waals surface area contributed by atoms with E-state index in [4.69, 9.17) is 5.73 Å². The van der Waals surface area contributed by atoms with Gasteiger partial charge in [0.15, 0.2) is 0 Å². The first-order valence-corrected chi connectivity index (χ1v) is 6.72. The molecule has 1 heterocycles. The molecule has 0 unspecified atom stereocenters. The van der Waals surface area contributed by atoms with Gasteiger partial charge in [0.05, 0.1) is 34.6 Å². The predicted molar refractivity (Wildman–Crippen MR) is 81.2 cm³/mol. The van der Waals surface area contributed by atoms with Crippen LogP contribution in [0.5, 0.6) is 11.5 Å². The van der Waals surface area contributed by atoms with Crippen molar-refractivity contribution in [1.29, 1.82) is 0 Å². The number of phenolic OH excluding ortho intramolecular Hbond substituents is 2. The summed E-state index contributed by atoms with van der Waals surface area (Å²) in [6.45, 7) is 1.23. The highest BCUT2D eigenvalue weighted by Gasteiger charge is 2.17. The zero-order valence-corrected chi connectivity index (χ0v) is 11.2. The molecule has 0 saturated carbocycles. The Morgan fingerprint density at radius 2 is 1.57 bits per heavy atom. The third-order valence-corrected chi connectivity index (χ3v) is 3.89. The van der Waals surface area contributed by atoms with Crippen LogP contribution in [-0.2, 0) is 0 Å². The van der Waals surface area contributed by atoms with Crippen LogP contribution in [0.15, 0.2) is 40.3 Å². The smallest absolute Gasteiger partial charge is 0.133 e. The van der Waals surface area contributed by atoms with Crippen LogP contribution in [0, 0.1) is 0 Å². The number of anilines is 1. The number of benzene rings is 3. The Hall–Kier alpha value is -2.82. The Labute approximate surface area is 119 Å². The van der Waals surface area contributed by atoms with Gasteiger partial charge >= 0.3 is 0 Å². The second-order valence-corrected chi connectivity index (χ2v) is 5.09. The largest absolute Gasteiger partial charge is 0.507 e. The van der Waals surface area contributed by atoms with E-state index in [2.05, 4.69) is 9.98 Å². The topological polar surface area (TPSA) is 91.2 Å². The second-order valence-electron chi connectivity index (χ2n) is 5.09. The number of hydrogen-bond donors (Lipinski definition) is 3. The van der Waals surface area contributed by atoms with Gasteiger partial charge in [-0.25, -0.2) is 0 Å². The van der Waals surface area contributed by atoms with E-state index in [0.29, 0.717) is 45.7 Å². The second kappa shape index (κ2) is 4.09. The zero-order valence-electron chi connectivity index (χ0n) is 11.2. The molecule has 0 atom stereocenters. The Balaban J connectivity index is 2.38. The fourth-order valence-corrected chi connectivity index (χ4v) is 2.94. The molecule has 0 aromatic heterocycles. The average molecular weight is 279 g/mol. The number of rotatable bonds is 0. The highest BCUT2D eigenvalue weighted by Crippen LogP contribution is 2.41. The molecule has 5 heteroatoms. The fraction of sp³-hybridized carbons (Fsp3) is 0.125. The molecule has 0 bridgehead atoms. The van der Waals surface area contributed by atoms with Crippen molar-refractivity contribution in [2.24, 2.45) is 9.98 Å². The summed E-state index contributed by atoms with van der Waals surface area (Å²) in [5.74, 6) is 0.155. The summed E-state index contributed by atoms with van der Waals surface area (Å²) >= 11 is 0. The molecule has 0 aliphatic carbocycles. The summed E-state index contributed by atoms with van der Waals surface area (Å²) in [5.41, 5.74) is 6.37. The molecule has 3 aromatic carbocycles. The van der Waals surface area contributed by atoms with Crippen molar-refractivity contribution in [1.82, 2.24) is 0 Å². The van der Waals surface area contributed by atoms with Crippen LogP contribution in [0.1, 0.15) is 0 Å². The molecule has 3 aromatic rings. The summed E-state index contributed by atoms with van der Waals surface area (Å²) in [7, 11) is 0. The molecular formula is C16H13N3O2. The summed E-state index contributed by atoms with van der Waals surface area (Å²) in [6.07, 6.45) is 0. The Morgan fingerprint density at radius 3 is 2.43 bits per heavy atom. The van der Waals surface area contributed by atoms with E-state index in [1.54, 1.807) is 24.3 Å². The maximum Gasteiger partial charge on any atom is 0.133 e. The van der Waals surface area contributed by atoms with Crippen molar-refractivity contribution >= 4 is 27.2 Å². The predicted octanol–water partition coefficient (Wildman–Crippen LogP) is 1.24. The summed E-state index contributed by atoms with van der Waals surface area (Å²) in [5, 5.41) is 24.6. The lowest BCUT2D eigenvalue weighted by Crippen LogP contribution is -2.30. The van der Waals surface area contributed by atoms with Gasteiger partial charge in [0.1, 0.15) is 11.5 Å². The van der Waals surface area contributed by atoms with Crippen LogP contribution in [-0.4, -0.2) is 23.3 Å². The summed E-state index contributed by atoms with van der Waals surface area (Å²) < 4.78 is 0. The lowest BCUT2D eigenvalue weighted by Gasteiger charge is -2.12. The number of nitrogens with two attached hydrogens (primary N) is 1. The third kappa shape index (κ3) is 1.51. The molecule has 1 aliphatic rings. The van der Waals surface area contributed by atoms with Gasteiger partial charge in [-0.3, -0.25) is 9.98 Å². The number of fused-ring (bicyclic) bond motifs is 4. The van der Waals surface area contributed by atoms with Crippen LogP contribution in [0.2, 0.25) is 0 Å². The molecule has 0 fully saturated rings. The van der Waals surface area contributed by atoms with Gasteiger partial charge in [0, 0.05) is 16.5 Å². The molecule has 0 saturated heterocycles. The molecule has 0 spiro atoms. The molecule has 21 heavy (non-hydrogen) atoms. The average Bonchev–Trinajstić information content (AvgIpc) is 2.51. The number of hydrogen-bond acceptors (Lipinski definition) is 5. The van der Waals surface area contributed by atoms with Crippen molar-refractivity contribution < 1.29 is 10.2 Å². The first-order chi connectivity index (χ1) is 10.2. The minimum absolute atomic E-state index is 0.0690. The minimum Gasteiger partial charge on any atom is -0.507 e. The Kier molecular flexibility index (Phi) is 2.33.